The van der Waals surface area contributed by atoms with Crippen LogP contribution >= 0.6 is 11.8 Å². The Kier molecular flexibility index (Phi) is 6.87. The summed E-state index contributed by atoms with van der Waals surface area (Å²) in [5.74, 6) is -0.396. The number of benzene rings is 1. The number of rotatable bonds is 9. The Morgan fingerprint density at radius 1 is 1.29 bits per heavy atom. The van der Waals surface area contributed by atoms with Crippen molar-refractivity contribution >= 4 is 23.6 Å². The minimum Gasteiger partial charge on any atom is -0.481 e. The summed E-state index contributed by atoms with van der Waals surface area (Å²) in [6.45, 7) is 3.06. The maximum Gasteiger partial charge on any atom is 0.313 e. The molecule has 0 bridgehead atoms. The summed E-state index contributed by atoms with van der Waals surface area (Å²) < 4.78 is 1.85. The molecule has 0 aliphatic carbocycles. The molecule has 0 unspecified atom stereocenters. The minimum absolute atomic E-state index is 0.0467. The van der Waals surface area contributed by atoms with Gasteiger partial charge in [-0.3, -0.25) is 14.3 Å². The zero-order valence-electron chi connectivity index (χ0n) is 13.6. The SMILES string of the molecule is CCc1c(C(=O)NCCSCC(=O)O)cnn1Cc1ccccc1. The average molecular weight is 347 g/mol. The first-order valence-electron chi connectivity index (χ1n) is 7.78. The van der Waals surface area contributed by atoms with Gasteiger partial charge in [0.15, 0.2) is 0 Å². The van der Waals surface area contributed by atoms with Crippen molar-refractivity contribution in [1.82, 2.24) is 15.1 Å². The van der Waals surface area contributed by atoms with Crippen LogP contribution in [0.4, 0.5) is 0 Å². The van der Waals surface area contributed by atoms with Gasteiger partial charge in [0.25, 0.3) is 5.91 Å². The molecule has 1 heterocycles. The number of carboxylic acids is 1. The number of carboxylic acid groups (broad SMARTS) is 1. The highest BCUT2D eigenvalue weighted by atomic mass is 32.2. The van der Waals surface area contributed by atoms with Gasteiger partial charge in [0.1, 0.15) is 0 Å². The number of amides is 1. The van der Waals surface area contributed by atoms with E-state index in [1.165, 1.54) is 11.8 Å². The third-order valence-electron chi connectivity index (χ3n) is 3.46. The van der Waals surface area contributed by atoms with Crippen molar-refractivity contribution in [2.75, 3.05) is 18.1 Å². The van der Waals surface area contributed by atoms with E-state index in [9.17, 15) is 9.59 Å². The maximum absolute atomic E-state index is 12.3. The van der Waals surface area contributed by atoms with Crippen LogP contribution in [-0.2, 0) is 17.8 Å². The number of nitrogens with one attached hydrogen (secondary N) is 1. The molecule has 0 aliphatic rings. The van der Waals surface area contributed by atoms with Gasteiger partial charge in [0.2, 0.25) is 0 Å². The second-order valence-corrected chi connectivity index (χ2v) is 6.31. The first-order valence-corrected chi connectivity index (χ1v) is 8.93. The highest BCUT2D eigenvalue weighted by molar-refractivity contribution is 7.99. The number of nitrogens with zero attached hydrogens (tertiary/aromatic N) is 2. The maximum atomic E-state index is 12.3. The minimum atomic E-state index is -0.846. The zero-order chi connectivity index (χ0) is 17.4. The molecule has 0 spiro atoms. The lowest BCUT2D eigenvalue weighted by Gasteiger charge is -2.08. The highest BCUT2D eigenvalue weighted by Crippen LogP contribution is 2.12. The molecule has 2 rings (SSSR count). The molecular weight excluding hydrogens is 326 g/mol. The second-order valence-electron chi connectivity index (χ2n) is 5.20. The fourth-order valence-electron chi connectivity index (χ4n) is 2.36. The highest BCUT2D eigenvalue weighted by Gasteiger charge is 2.16. The number of hydrogen-bond acceptors (Lipinski definition) is 4. The van der Waals surface area contributed by atoms with Crippen LogP contribution in [0.15, 0.2) is 36.5 Å². The van der Waals surface area contributed by atoms with E-state index in [-0.39, 0.29) is 11.7 Å². The number of thioether (sulfide) groups is 1. The molecule has 0 saturated carbocycles. The van der Waals surface area contributed by atoms with E-state index in [1.807, 2.05) is 41.9 Å². The monoisotopic (exact) mass is 347 g/mol. The molecule has 0 atom stereocenters. The van der Waals surface area contributed by atoms with Gasteiger partial charge in [-0.1, -0.05) is 37.3 Å². The van der Waals surface area contributed by atoms with Gasteiger partial charge >= 0.3 is 5.97 Å². The van der Waals surface area contributed by atoms with E-state index in [1.54, 1.807) is 6.20 Å². The van der Waals surface area contributed by atoms with Crippen LogP contribution in [0.3, 0.4) is 0 Å². The lowest BCUT2D eigenvalue weighted by molar-refractivity contribution is -0.133. The first-order chi connectivity index (χ1) is 11.6. The van der Waals surface area contributed by atoms with Crippen LogP contribution in [0.5, 0.6) is 0 Å². The van der Waals surface area contributed by atoms with Gasteiger partial charge < -0.3 is 10.4 Å². The summed E-state index contributed by atoms with van der Waals surface area (Å²) in [6.07, 6.45) is 2.31. The van der Waals surface area contributed by atoms with Gasteiger partial charge in [-0.2, -0.15) is 5.10 Å². The van der Waals surface area contributed by atoms with Crippen LogP contribution in [-0.4, -0.2) is 44.8 Å². The Hall–Kier alpha value is -2.28. The van der Waals surface area contributed by atoms with E-state index < -0.39 is 5.97 Å². The molecule has 0 radical (unpaired) electrons. The van der Waals surface area contributed by atoms with E-state index in [2.05, 4.69) is 10.4 Å². The zero-order valence-corrected chi connectivity index (χ0v) is 14.4. The molecule has 128 valence electrons. The standard InChI is InChI=1S/C17H21N3O3S/c1-2-15-14(17(23)18-8-9-24-12-16(21)22)10-19-20(15)11-13-6-4-3-5-7-13/h3-7,10H,2,8-9,11-12H2,1H3,(H,18,23)(H,21,22). The van der Waals surface area contributed by atoms with E-state index in [0.29, 0.717) is 30.8 Å². The van der Waals surface area contributed by atoms with Gasteiger partial charge in [0, 0.05) is 12.3 Å². The lowest BCUT2D eigenvalue weighted by Crippen LogP contribution is -2.26. The van der Waals surface area contributed by atoms with E-state index in [0.717, 1.165) is 11.3 Å². The van der Waals surface area contributed by atoms with Crippen molar-refractivity contribution in [2.45, 2.75) is 19.9 Å². The quantitative estimate of drug-likeness (QED) is 0.678. The number of aliphatic carboxylic acids is 1. The number of carbonyl (C=O) groups excluding carboxylic acids is 1. The molecule has 0 saturated heterocycles. The molecule has 1 aromatic heterocycles. The van der Waals surface area contributed by atoms with Crippen LogP contribution in [0, 0.1) is 0 Å². The molecule has 0 fully saturated rings. The van der Waals surface area contributed by atoms with E-state index in [4.69, 9.17) is 5.11 Å². The fraction of sp³-hybridized carbons (Fsp3) is 0.353. The Labute approximate surface area is 145 Å². The van der Waals surface area contributed by atoms with Gasteiger partial charge in [-0.15, -0.1) is 11.8 Å². The summed E-state index contributed by atoms with van der Waals surface area (Å²) in [6, 6.07) is 9.98. The van der Waals surface area contributed by atoms with Crippen molar-refractivity contribution in [3.05, 3.63) is 53.3 Å². The Balaban J connectivity index is 1.95. The molecule has 24 heavy (non-hydrogen) atoms. The third kappa shape index (κ3) is 5.13. The van der Waals surface area contributed by atoms with Crippen molar-refractivity contribution in [3.63, 3.8) is 0 Å². The van der Waals surface area contributed by atoms with Crippen LogP contribution in [0.2, 0.25) is 0 Å². The molecule has 1 amide bonds. The second kappa shape index (κ2) is 9.12. The van der Waals surface area contributed by atoms with Crippen LogP contribution in [0.1, 0.15) is 28.5 Å². The summed E-state index contributed by atoms with van der Waals surface area (Å²) in [5.41, 5.74) is 2.61. The van der Waals surface area contributed by atoms with Gasteiger partial charge in [-0.05, 0) is 12.0 Å². The fourth-order valence-corrected chi connectivity index (χ4v) is 2.92. The summed E-state index contributed by atoms with van der Waals surface area (Å²) >= 11 is 1.28. The van der Waals surface area contributed by atoms with E-state index >= 15 is 0 Å². The molecule has 1 aromatic carbocycles. The van der Waals surface area contributed by atoms with Gasteiger partial charge in [0.05, 0.1) is 29.8 Å². The molecule has 2 aromatic rings. The van der Waals surface area contributed by atoms with Crippen LogP contribution in [0.25, 0.3) is 0 Å². The average Bonchev–Trinajstić information content (AvgIpc) is 2.97. The van der Waals surface area contributed by atoms with Crippen molar-refractivity contribution in [3.8, 4) is 0 Å². The largest absolute Gasteiger partial charge is 0.481 e. The lowest BCUT2D eigenvalue weighted by atomic mass is 10.2. The first kappa shape index (κ1) is 18.1. The third-order valence-corrected chi connectivity index (χ3v) is 4.40. The van der Waals surface area contributed by atoms with Crippen molar-refractivity contribution in [1.29, 1.82) is 0 Å². The summed E-state index contributed by atoms with van der Waals surface area (Å²) in [4.78, 5) is 22.7. The molecule has 6 nitrogen and oxygen atoms in total. The predicted octanol–water partition coefficient (Wildman–Crippen LogP) is 2.04. The Bertz CT molecular complexity index is 686. The predicted molar refractivity (Wildman–Crippen MR) is 94.4 cm³/mol. The molecule has 2 N–H and O–H groups in total. The van der Waals surface area contributed by atoms with Gasteiger partial charge in [-0.25, -0.2) is 0 Å². The molecule has 7 heteroatoms. The Morgan fingerprint density at radius 2 is 2.04 bits per heavy atom. The normalized spacial score (nSPS) is 10.5. The topological polar surface area (TPSA) is 84.2 Å². The summed E-state index contributed by atoms with van der Waals surface area (Å²) in [7, 11) is 0. The smallest absolute Gasteiger partial charge is 0.313 e. The number of hydrogen-bond donors (Lipinski definition) is 2. The molecule has 0 aliphatic heterocycles. The van der Waals surface area contributed by atoms with Crippen molar-refractivity contribution in [2.24, 2.45) is 0 Å². The number of aromatic nitrogens is 2. The summed E-state index contributed by atoms with van der Waals surface area (Å²) in [5, 5.41) is 15.7. The Morgan fingerprint density at radius 3 is 2.71 bits per heavy atom. The molecular formula is C17H21N3O3S. The van der Waals surface area contributed by atoms with Crippen molar-refractivity contribution < 1.29 is 14.7 Å². The van der Waals surface area contributed by atoms with Crippen LogP contribution < -0.4 is 5.32 Å². The number of carbonyl (C=O) groups is 2.